The van der Waals surface area contributed by atoms with Crippen LogP contribution >= 0.6 is 0 Å². The topological polar surface area (TPSA) is 59.1 Å². The van der Waals surface area contributed by atoms with E-state index in [0.29, 0.717) is 0 Å². The minimum Gasteiger partial charge on any atom is -0.394 e. The molecule has 1 heterocycles. The Bertz CT molecular complexity index is 318. The third-order valence-corrected chi connectivity index (χ3v) is 2.59. The fraction of sp³-hybridized carbons (Fsp3) is 0.700. The molecule has 15 heavy (non-hydrogen) atoms. The molecule has 3 N–H and O–H groups in total. The third kappa shape index (κ3) is 2.86. The number of aromatic nitrogens is 2. The van der Waals surface area contributed by atoms with Crippen molar-refractivity contribution in [3.8, 4) is 0 Å². The molecule has 0 aliphatic carbocycles. The van der Waals surface area contributed by atoms with Gasteiger partial charge < -0.3 is 16.0 Å². The predicted molar refractivity (Wildman–Crippen MR) is 64.0 cm³/mol. The van der Waals surface area contributed by atoms with Crippen molar-refractivity contribution in [3.63, 3.8) is 0 Å². The number of hydrogen-bond donors (Lipinski definition) is 2. The maximum atomic E-state index is 5.89. The van der Waals surface area contributed by atoms with Crippen molar-refractivity contribution in [2.24, 2.45) is 7.05 Å². The van der Waals surface area contributed by atoms with Crippen LogP contribution in [0.5, 0.6) is 0 Å². The molecule has 0 aromatic carbocycles. The second kappa shape index (κ2) is 5.02. The van der Waals surface area contributed by atoms with Crippen LogP contribution in [-0.2, 0) is 7.05 Å². The van der Waals surface area contributed by atoms with Crippen LogP contribution in [0.15, 0.2) is 0 Å². The smallest absolute Gasteiger partial charge is 0.147 e. The number of nitrogens with two attached hydrogens (primary N) is 1. The second-order valence-corrected chi connectivity index (χ2v) is 3.79. The van der Waals surface area contributed by atoms with Gasteiger partial charge in [-0.05, 0) is 20.5 Å². The summed E-state index contributed by atoms with van der Waals surface area (Å²) in [6.45, 7) is 7.00. The van der Waals surface area contributed by atoms with Gasteiger partial charge in [-0.2, -0.15) is 5.10 Å². The molecule has 5 nitrogen and oxygen atoms in total. The van der Waals surface area contributed by atoms with Gasteiger partial charge in [0.1, 0.15) is 5.82 Å². The molecule has 0 aliphatic heterocycles. The van der Waals surface area contributed by atoms with E-state index in [-0.39, 0.29) is 0 Å². The number of nitrogens with zero attached hydrogens (tertiary/aromatic N) is 3. The highest BCUT2D eigenvalue weighted by atomic mass is 15.3. The lowest BCUT2D eigenvalue weighted by molar-refractivity contribution is 0.367. The summed E-state index contributed by atoms with van der Waals surface area (Å²) in [6, 6.07) is 0. The van der Waals surface area contributed by atoms with Gasteiger partial charge in [0.2, 0.25) is 0 Å². The zero-order chi connectivity index (χ0) is 11.4. The highest BCUT2D eigenvalue weighted by Crippen LogP contribution is 2.20. The van der Waals surface area contributed by atoms with Crippen LogP contribution in [0, 0.1) is 6.92 Å². The third-order valence-electron chi connectivity index (χ3n) is 2.59. The Morgan fingerprint density at radius 1 is 1.53 bits per heavy atom. The molecule has 1 rings (SSSR count). The molecule has 0 radical (unpaired) electrons. The lowest BCUT2D eigenvalue weighted by Crippen LogP contribution is -2.25. The van der Waals surface area contributed by atoms with E-state index >= 15 is 0 Å². The molecule has 0 saturated heterocycles. The summed E-state index contributed by atoms with van der Waals surface area (Å²) in [6.07, 6.45) is 0. The Labute approximate surface area is 91.2 Å². The van der Waals surface area contributed by atoms with E-state index in [2.05, 4.69) is 29.3 Å². The molecule has 86 valence electrons. The van der Waals surface area contributed by atoms with E-state index in [1.54, 1.807) is 4.68 Å². The first-order valence-corrected chi connectivity index (χ1v) is 5.27. The van der Waals surface area contributed by atoms with E-state index in [0.717, 1.165) is 36.8 Å². The normalized spacial score (nSPS) is 11.0. The minimum atomic E-state index is 0.747. The second-order valence-electron chi connectivity index (χ2n) is 3.79. The average Bonchev–Trinajstić information content (AvgIpc) is 2.44. The van der Waals surface area contributed by atoms with Gasteiger partial charge in [-0.1, -0.05) is 6.92 Å². The molecule has 0 unspecified atom stereocenters. The van der Waals surface area contributed by atoms with Crippen molar-refractivity contribution >= 4 is 11.5 Å². The van der Waals surface area contributed by atoms with Crippen LogP contribution < -0.4 is 11.1 Å². The van der Waals surface area contributed by atoms with Gasteiger partial charge in [-0.3, -0.25) is 4.68 Å². The molecule has 0 amide bonds. The molecule has 0 fully saturated rings. The van der Waals surface area contributed by atoms with Gasteiger partial charge in [-0.15, -0.1) is 0 Å². The summed E-state index contributed by atoms with van der Waals surface area (Å²) < 4.78 is 1.79. The Morgan fingerprint density at radius 3 is 2.67 bits per heavy atom. The van der Waals surface area contributed by atoms with Crippen molar-refractivity contribution in [3.05, 3.63) is 5.69 Å². The summed E-state index contributed by atoms with van der Waals surface area (Å²) in [5.41, 5.74) is 7.52. The Hall–Kier alpha value is -1.23. The van der Waals surface area contributed by atoms with E-state index < -0.39 is 0 Å². The molecule has 1 aromatic heterocycles. The molecule has 0 spiro atoms. The van der Waals surface area contributed by atoms with Crippen molar-refractivity contribution in [1.29, 1.82) is 0 Å². The molecule has 1 aromatic rings. The monoisotopic (exact) mass is 211 g/mol. The lowest BCUT2D eigenvalue weighted by Gasteiger charge is -2.14. The standard InChI is InChI=1S/C10H21N5/c1-5-14(3)7-6-12-10-9(11)8(2)13-15(10)4/h12H,5-7,11H2,1-4H3. The highest BCUT2D eigenvalue weighted by molar-refractivity contribution is 5.64. The number of anilines is 2. The molecule has 0 bridgehead atoms. The Balaban J connectivity index is 2.50. The summed E-state index contributed by atoms with van der Waals surface area (Å²) in [5, 5.41) is 7.55. The number of nitrogen functional groups attached to an aromatic ring is 1. The largest absolute Gasteiger partial charge is 0.394 e. The lowest BCUT2D eigenvalue weighted by atomic mass is 10.4. The van der Waals surface area contributed by atoms with E-state index in [1.165, 1.54) is 0 Å². The fourth-order valence-corrected chi connectivity index (χ4v) is 1.41. The maximum absolute atomic E-state index is 5.89. The molecule has 5 heteroatoms. The van der Waals surface area contributed by atoms with E-state index in [1.807, 2.05) is 14.0 Å². The summed E-state index contributed by atoms with van der Waals surface area (Å²) in [7, 11) is 3.99. The van der Waals surface area contributed by atoms with Crippen LogP contribution in [0.1, 0.15) is 12.6 Å². The molecule has 0 aliphatic rings. The number of nitrogens with one attached hydrogen (secondary N) is 1. The number of likely N-dealkylation sites (N-methyl/N-ethyl adjacent to an activating group) is 1. The summed E-state index contributed by atoms with van der Waals surface area (Å²) in [5.74, 6) is 0.914. The maximum Gasteiger partial charge on any atom is 0.147 e. The average molecular weight is 211 g/mol. The molecule has 0 saturated carbocycles. The van der Waals surface area contributed by atoms with Crippen LogP contribution in [0.25, 0.3) is 0 Å². The van der Waals surface area contributed by atoms with Crippen LogP contribution in [0.3, 0.4) is 0 Å². The minimum absolute atomic E-state index is 0.747. The fourth-order valence-electron chi connectivity index (χ4n) is 1.41. The van der Waals surface area contributed by atoms with Gasteiger partial charge in [0.05, 0.1) is 11.4 Å². The summed E-state index contributed by atoms with van der Waals surface area (Å²) in [4.78, 5) is 2.24. The first kappa shape index (κ1) is 11.8. The van der Waals surface area contributed by atoms with Crippen molar-refractivity contribution in [2.45, 2.75) is 13.8 Å². The molecular weight excluding hydrogens is 190 g/mol. The Kier molecular flexibility index (Phi) is 3.96. The number of aryl methyl sites for hydroxylation is 2. The van der Waals surface area contributed by atoms with Crippen LogP contribution in [0.4, 0.5) is 11.5 Å². The van der Waals surface area contributed by atoms with Gasteiger partial charge >= 0.3 is 0 Å². The van der Waals surface area contributed by atoms with Crippen LogP contribution in [0.2, 0.25) is 0 Å². The van der Waals surface area contributed by atoms with E-state index in [9.17, 15) is 0 Å². The highest BCUT2D eigenvalue weighted by Gasteiger charge is 2.08. The molecule has 0 atom stereocenters. The van der Waals surface area contributed by atoms with Crippen molar-refractivity contribution < 1.29 is 0 Å². The number of hydrogen-bond acceptors (Lipinski definition) is 4. The van der Waals surface area contributed by atoms with Gasteiger partial charge in [0, 0.05) is 20.1 Å². The Morgan fingerprint density at radius 2 is 2.20 bits per heavy atom. The first-order valence-electron chi connectivity index (χ1n) is 5.27. The predicted octanol–water partition coefficient (Wildman–Crippen LogP) is 0.674. The van der Waals surface area contributed by atoms with Gasteiger partial charge in [0.15, 0.2) is 0 Å². The zero-order valence-electron chi connectivity index (χ0n) is 10.0. The SMILES string of the molecule is CCN(C)CCNc1c(N)c(C)nn1C. The molecular formula is C10H21N5. The zero-order valence-corrected chi connectivity index (χ0v) is 10.0. The summed E-state index contributed by atoms with van der Waals surface area (Å²) >= 11 is 0. The van der Waals surface area contributed by atoms with Gasteiger partial charge in [0.25, 0.3) is 0 Å². The quantitative estimate of drug-likeness (QED) is 0.751. The van der Waals surface area contributed by atoms with Crippen molar-refractivity contribution in [1.82, 2.24) is 14.7 Å². The van der Waals surface area contributed by atoms with E-state index in [4.69, 9.17) is 5.73 Å². The van der Waals surface area contributed by atoms with Gasteiger partial charge in [-0.25, -0.2) is 0 Å². The van der Waals surface area contributed by atoms with Crippen molar-refractivity contribution in [2.75, 3.05) is 37.7 Å². The van der Waals surface area contributed by atoms with Crippen LogP contribution in [-0.4, -0.2) is 41.4 Å². The number of rotatable bonds is 5. The first-order chi connectivity index (χ1) is 7.06.